The van der Waals surface area contributed by atoms with Crippen LogP contribution in [-0.2, 0) is 30.7 Å². The summed E-state index contributed by atoms with van der Waals surface area (Å²) in [4.78, 5) is 11.2. The molecule has 1 unspecified atom stereocenters. The average Bonchev–Trinajstić information content (AvgIpc) is 3.84. The Bertz CT molecular complexity index is 1470. The topological polar surface area (TPSA) is 101 Å². The van der Waals surface area contributed by atoms with E-state index in [9.17, 15) is 0 Å². The first-order chi connectivity index (χ1) is 24.9. The Morgan fingerprint density at radius 2 is 1.07 bits per heavy atom. The van der Waals surface area contributed by atoms with Crippen LogP contribution < -0.4 is 118 Å². The predicted molar refractivity (Wildman–Crippen MR) is 231 cm³/mol. The maximum absolute atomic E-state index is 9.02. The Kier molecular flexibility index (Phi) is 37.0. The molecular weight excluding hydrogens is 869 g/mol. The molecule has 1 aliphatic rings. The molecule has 3 aromatic rings. The molecule has 1 aliphatic heterocycles. The van der Waals surface area contributed by atoms with E-state index in [2.05, 4.69) is 127 Å². The maximum Gasteiger partial charge on any atom is 1.00 e. The van der Waals surface area contributed by atoms with Crippen molar-refractivity contribution in [2.24, 2.45) is 0 Å². The number of epoxide rings is 1. The molecule has 0 aromatic heterocycles. The number of phenolic OH excluding ortho intramolecular Hbond substituents is 1. The number of hydrogen-bond acceptors (Lipinski definition) is 7. The van der Waals surface area contributed by atoms with Gasteiger partial charge in [0, 0.05) is 5.33 Å². The molecule has 1 heterocycles. The Morgan fingerprint density at radius 3 is 1.30 bits per heavy atom. The van der Waals surface area contributed by atoms with Gasteiger partial charge in [0.15, 0.2) is 0 Å². The number of halogens is 3. The van der Waals surface area contributed by atoms with Crippen molar-refractivity contribution in [2.75, 3.05) is 30.5 Å². The number of ether oxygens (including phenoxy) is 3. The van der Waals surface area contributed by atoms with Crippen molar-refractivity contribution in [2.45, 2.75) is 105 Å². The normalized spacial score (nSPS) is 13.6. The SMILES string of the molecule is C=C(C)CBr.C=C(C)COc1ccc(C(C)(C)C)cc1.CC(C)(C)c1ccc(O)cc1.CC1(COc2ccc(C(C)(C)C)cc2)CO1.ClCCl.O=CO[O-].[H-].[K+].[K+]. The van der Waals surface area contributed by atoms with Crippen LogP contribution in [0.25, 0.3) is 0 Å². The summed E-state index contributed by atoms with van der Waals surface area (Å²) in [5, 5.41) is 18.6. The van der Waals surface area contributed by atoms with Gasteiger partial charge >= 0.3 is 103 Å². The fraction of sp³-hybridized carbons (Fsp3) is 0.477. The molecule has 306 valence electrons. The van der Waals surface area contributed by atoms with Crippen molar-refractivity contribution < 1.29 is 138 Å². The third-order valence-electron chi connectivity index (χ3n) is 7.11. The molecule has 0 bridgehead atoms. The fourth-order valence-corrected chi connectivity index (χ4v) is 3.71. The Balaban J connectivity index is -0.000000205. The van der Waals surface area contributed by atoms with Gasteiger partial charge in [-0.2, -0.15) is 0 Å². The minimum atomic E-state index is -0.181. The van der Waals surface area contributed by atoms with E-state index in [4.69, 9.17) is 52.6 Å². The van der Waals surface area contributed by atoms with E-state index in [-0.39, 0.29) is 138 Å². The molecule has 3 aromatic carbocycles. The summed E-state index contributed by atoms with van der Waals surface area (Å²) in [6.07, 6.45) is 0. The van der Waals surface area contributed by atoms with Gasteiger partial charge in [-0.05, 0) is 95.7 Å². The second-order valence-electron chi connectivity index (χ2n) is 16.0. The number of phenols is 1. The van der Waals surface area contributed by atoms with Crippen LogP contribution in [0.15, 0.2) is 97.1 Å². The number of allylic oxidation sites excluding steroid dienone is 1. The van der Waals surface area contributed by atoms with Crippen LogP contribution in [0, 0.1) is 0 Å². The van der Waals surface area contributed by atoms with E-state index in [1.54, 1.807) is 12.1 Å². The summed E-state index contributed by atoms with van der Waals surface area (Å²) in [6.45, 7) is 35.0. The number of hydrogen-bond donors (Lipinski definition) is 1. The van der Waals surface area contributed by atoms with Crippen molar-refractivity contribution in [3.05, 3.63) is 114 Å². The summed E-state index contributed by atoms with van der Waals surface area (Å²) in [5.74, 6) is 2.16. The number of benzene rings is 3. The quantitative estimate of drug-likeness (QED) is 0.0588. The number of carbonyl (C=O) groups is 1. The molecule has 12 heteroatoms. The molecular formula is C44H65BrCl2K2O7. The Hall–Kier alpha value is 0.263. The zero-order valence-electron chi connectivity index (χ0n) is 37.5. The molecule has 1 saturated heterocycles. The number of rotatable bonds is 8. The van der Waals surface area contributed by atoms with Crippen LogP contribution in [0.2, 0.25) is 0 Å². The van der Waals surface area contributed by atoms with Crippen LogP contribution in [-0.4, -0.2) is 47.7 Å². The molecule has 0 saturated carbocycles. The van der Waals surface area contributed by atoms with Crippen LogP contribution in [0.1, 0.15) is 101 Å². The third-order valence-corrected chi connectivity index (χ3v) is 8.07. The monoisotopic (exact) mass is 932 g/mol. The maximum atomic E-state index is 9.02. The van der Waals surface area contributed by atoms with Gasteiger partial charge in [0.1, 0.15) is 36.1 Å². The summed E-state index contributed by atoms with van der Waals surface area (Å²) >= 11 is 12.7. The molecule has 56 heavy (non-hydrogen) atoms. The molecule has 1 N–H and O–H groups in total. The Morgan fingerprint density at radius 1 is 0.786 bits per heavy atom. The molecule has 0 radical (unpaired) electrons. The minimum absolute atomic E-state index is 0. The van der Waals surface area contributed by atoms with Gasteiger partial charge in [-0.3, -0.25) is 4.79 Å². The van der Waals surface area contributed by atoms with Crippen LogP contribution in [0.3, 0.4) is 0 Å². The first kappa shape index (κ1) is 62.9. The first-order valence-corrected chi connectivity index (χ1v) is 19.7. The predicted octanol–water partition coefficient (Wildman–Crippen LogP) is 5.71. The molecule has 0 spiro atoms. The van der Waals surface area contributed by atoms with E-state index in [1.807, 2.05) is 50.2 Å². The second-order valence-corrected chi connectivity index (χ2v) is 17.4. The van der Waals surface area contributed by atoms with Gasteiger partial charge in [0.25, 0.3) is 6.47 Å². The van der Waals surface area contributed by atoms with Crippen molar-refractivity contribution in [3.63, 3.8) is 0 Å². The second kappa shape index (κ2) is 33.0. The van der Waals surface area contributed by atoms with Gasteiger partial charge in [0.05, 0.1) is 11.9 Å². The number of alkyl halides is 3. The summed E-state index contributed by atoms with van der Waals surface area (Å²) < 4.78 is 16.5. The van der Waals surface area contributed by atoms with E-state index < -0.39 is 0 Å². The zero-order valence-corrected chi connectivity index (χ0v) is 45.8. The zero-order chi connectivity index (χ0) is 42.2. The molecule has 1 atom stereocenters. The van der Waals surface area contributed by atoms with Gasteiger partial charge < -0.3 is 30.9 Å². The summed E-state index contributed by atoms with van der Waals surface area (Å²) in [5.41, 5.74) is 6.64. The largest absolute Gasteiger partial charge is 1.00 e. The molecule has 0 aliphatic carbocycles. The summed E-state index contributed by atoms with van der Waals surface area (Å²) in [6, 6.07) is 24.0. The van der Waals surface area contributed by atoms with Crippen molar-refractivity contribution >= 4 is 45.6 Å². The van der Waals surface area contributed by atoms with Crippen molar-refractivity contribution in [1.29, 1.82) is 0 Å². The average molecular weight is 935 g/mol. The smallest absolute Gasteiger partial charge is 1.00 e. The molecule has 0 amide bonds. The fourth-order valence-electron chi connectivity index (χ4n) is 3.71. The Labute approximate surface area is 444 Å². The van der Waals surface area contributed by atoms with Crippen molar-refractivity contribution in [1.82, 2.24) is 0 Å². The minimum Gasteiger partial charge on any atom is -1.00 e. The van der Waals surface area contributed by atoms with Gasteiger partial charge in [-0.15, -0.1) is 23.2 Å². The van der Waals surface area contributed by atoms with Crippen molar-refractivity contribution in [3.8, 4) is 17.2 Å². The van der Waals surface area contributed by atoms with Gasteiger partial charge in [-0.1, -0.05) is 133 Å². The summed E-state index contributed by atoms with van der Waals surface area (Å²) in [7, 11) is 0. The molecule has 1 fully saturated rings. The molecule has 4 rings (SSSR count). The van der Waals surface area contributed by atoms with Gasteiger partial charge in [0.2, 0.25) is 0 Å². The standard InChI is InChI=1S/C14H20O2.C14H20O.C10H14O.C4H7Br.CH2Cl2.CH2O3.2K.H/c1-13(2,3)11-5-7-12(8-6-11)15-9-14(4)10-16-14;1-11(2)10-15-13-8-6-12(7-9-13)14(3,4)5;1-10(2,3)8-4-6-9(11)7-5-8;1-4(2)3-5;2-1-3;2-1-4-3;;;/h5-8H,9-10H2,1-4H3;6-9H,1,10H2,2-5H3;4-7,11H,1-3H3;1,3H2,2H3;1H2;1,3H;;;/q;;;;;;2*+1;-1/p-1. The van der Waals surface area contributed by atoms with E-state index in [0.717, 1.165) is 29.0 Å². The van der Waals surface area contributed by atoms with E-state index >= 15 is 0 Å². The van der Waals surface area contributed by atoms with Crippen LogP contribution >= 0.6 is 39.1 Å². The molecule has 7 nitrogen and oxygen atoms in total. The first-order valence-electron chi connectivity index (χ1n) is 17.5. The van der Waals surface area contributed by atoms with E-state index in [0.29, 0.717) is 19.0 Å². The number of carbonyl (C=O) groups excluding carboxylic acids is 1. The van der Waals surface area contributed by atoms with Gasteiger partial charge in [-0.25, -0.2) is 0 Å². The third kappa shape index (κ3) is 34.0. The van der Waals surface area contributed by atoms with Crippen LogP contribution in [0.4, 0.5) is 0 Å². The van der Waals surface area contributed by atoms with E-state index in [1.165, 1.54) is 22.3 Å². The number of aromatic hydroxyl groups is 1. The van der Waals surface area contributed by atoms with Crippen LogP contribution in [0.5, 0.6) is 17.2 Å².